The van der Waals surface area contributed by atoms with Gasteiger partial charge in [-0.05, 0) is 39.0 Å². The van der Waals surface area contributed by atoms with E-state index < -0.39 is 22.2 Å². The molecule has 0 N–H and O–H groups in total. The molecule has 0 aromatic rings. The van der Waals surface area contributed by atoms with E-state index in [-0.39, 0.29) is 5.41 Å². The summed E-state index contributed by atoms with van der Waals surface area (Å²) in [6.07, 6.45) is 10.2. The molecule has 1 heterocycles. The van der Waals surface area contributed by atoms with Gasteiger partial charge in [0.2, 0.25) is 0 Å². The molecule has 6 nitrogen and oxygen atoms in total. The third kappa shape index (κ3) is 8.65. The number of rotatable bonds is 20. The highest BCUT2D eigenvalue weighted by atomic mass is 29.3. The first-order valence-corrected chi connectivity index (χ1v) is 18.9. The second-order valence-corrected chi connectivity index (χ2v) is 18.9. The summed E-state index contributed by atoms with van der Waals surface area (Å²) < 4.78 is 40.8. The lowest BCUT2D eigenvalue weighted by Crippen LogP contribution is -2.80. The Labute approximate surface area is 213 Å². The van der Waals surface area contributed by atoms with Crippen LogP contribution in [0.2, 0.25) is 6.04 Å². The monoisotopic (exact) mass is 520 g/mol. The summed E-state index contributed by atoms with van der Waals surface area (Å²) in [6, 6.07) is 0.751. The summed E-state index contributed by atoms with van der Waals surface area (Å²) in [5.74, 6) is -0.814. The topological polar surface area (TPSA) is 55.4 Å². The Morgan fingerprint density at radius 2 is 0.971 bits per heavy atom. The van der Waals surface area contributed by atoms with Crippen molar-refractivity contribution < 1.29 is 26.9 Å². The van der Waals surface area contributed by atoms with Crippen LogP contribution in [0.15, 0.2) is 0 Å². The van der Waals surface area contributed by atoms with Gasteiger partial charge in [-0.2, -0.15) is 0 Å². The molecule has 1 rings (SSSR count). The van der Waals surface area contributed by atoms with Crippen molar-refractivity contribution in [2.24, 2.45) is 5.41 Å². The molecule has 0 aliphatic carbocycles. The lowest BCUT2D eigenvalue weighted by Gasteiger charge is -2.57. The highest BCUT2D eigenvalue weighted by Gasteiger charge is 2.77. The Bertz CT molecular complexity index is 513. The first-order valence-electron chi connectivity index (χ1n) is 14.1. The second kappa shape index (κ2) is 16.1. The van der Waals surface area contributed by atoms with Crippen LogP contribution >= 0.6 is 0 Å². The molecule has 8 heteroatoms. The van der Waals surface area contributed by atoms with Gasteiger partial charge < -0.3 is 26.9 Å². The first-order chi connectivity index (χ1) is 16.2. The summed E-state index contributed by atoms with van der Waals surface area (Å²) >= 11 is 0. The summed E-state index contributed by atoms with van der Waals surface area (Å²) in [7, 11) is -6.37. The van der Waals surface area contributed by atoms with Crippen LogP contribution < -0.4 is 0 Å². The number of ether oxygens (including phenoxy) is 1. The van der Waals surface area contributed by atoms with Crippen molar-refractivity contribution in [3.63, 3.8) is 0 Å². The van der Waals surface area contributed by atoms with Gasteiger partial charge in [-0.25, -0.2) is 0 Å². The van der Waals surface area contributed by atoms with Crippen LogP contribution in [0.4, 0.5) is 0 Å². The van der Waals surface area contributed by atoms with Crippen LogP contribution in [0.3, 0.4) is 0 Å². The van der Waals surface area contributed by atoms with E-state index in [1.165, 1.54) is 0 Å². The largest absolute Gasteiger partial charge is 0.541 e. The molecule has 1 atom stereocenters. The van der Waals surface area contributed by atoms with Gasteiger partial charge in [0.1, 0.15) is 0 Å². The van der Waals surface area contributed by atoms with Crippen molar-refractivity contribution in [2.75, 3.05) is 33.0 Å². The second-order valence-electron chi connectivity index (χ2n) is 10.4. The summed E-state index contributed by atoms with van der Waals surface area (Å²) in [5, 5.41) is 0. The van der Waals surface area contributed by atoms with E-state index in [1.54, 1.807) is 0 Å². The maximum atomic E-state index is 7.08. The molecular formula is C26H56O6Si2. The summed E-state index contributed by atoms with van der Waals surface area (Å²) in [5.41, 5.74) is -0.301. The molecule has 1 unspecified atom stereocenters. The molecule has 0 amide bonds. The molecule has 0 aromatic heterocycles. The van der Waals surface area contributed by atoms with Gasteiger partial charge in [0.15, 0.2) is 5.79 Å². The van der Waals surface area contributed by atoms with Crippen molar-refractivity contribution in [3.05, 3.63) is 0 Å². The quantitative estimate of drug-likeness (QED) is 0.124. The molecule has 1 aliphatic rings. The van der Waals surface area contributed by atoms with Crippen LogP contribution in [0, 0.1) is 5.41 Å². The molecule has 1 aliphatic heterocycles. The normalized spacial score (nSPS) is 23.3. The Morgan fingerprint density at radius 1 is 0.588 bits per heavy atom. The van der Waals surface area contributed by atoms with E-state index in [9.17, 15) is 0 Å². The van der Waals surface area contributed by atoms with Crippen LogP contribution in [0.1, 0.15) is 120 Å². The molecule has 0 aromatic carbocycles. The third-order valence-electron chi connectivity index (χ3n) is 6.82. The minimum absolute atomic E-state index is 0.301. The number of hydrogen-bond acceptors (Lipinski definition) is 6. The SMILES string of the molecule is CCCCOC1(C)O[Si](OCCCC)(OCCCC)[Si](OCCCC)(OCCCC)CC1(C)C. The fraction of sp³-hybridized carbons (Fsp3) is 1.00. The highest BCUT2D eigenvalue weighted by molar-refractivity contribution is 7.29. The molecule has 0 bridgehead atoms. The predicted octanol–water partition coefficient (Wildman–Crippen LogP) is 7.30. The molecule has 0 radical (unpaired) electrons. The average molecular weight is 521 g/mol. The van der Waals surface area contributed by atoms with Crippen molar-refractivity contribution in [2.45, 2.75) is 131 Å². The van der Waals surface area contributed by atoms with Crippen molar-refractivity contribution in [3.8, 4) is 0 Å². The van der Waals surface area contributed by atoms with Gasteiger partial charge in [-0.3, -0.25) is 0 Å². The average Bonchev–Trinajstić information content (AvgIpc) is 2.78. The van der Waals surface area contributed by atoms with E-state index in [1.807, 2.05) is 0 Å². The smallest absolute Gasteiger partial charge is 0.392 e. The van der Waals surface area contributed by atoms with Gasteiger partial charge >= 0.3 is 16.4 Å². The van der Waals surface area contributed by atoms with Gasteiger partial charge in [-0.1, -0.05) is 80.6 Å². The number of unbranched alkanes of at least 4 members (excludes halogenated alkanes) is 5. The Balaban J connectivity index is 3.51. The maximum absolute atomic E-state index is 7.08. The van der Waals surface area contributed by atoms with E-state index in [0.717, 1.165) is 70.3 Å². The van der Waals surface area contributed by atoms with E-state index >= 15 is 0 Å². The molecule has 1 fully saturated rings. The van der Waals surface area contributed by atoms with Crippen molar-refractivity contribution in [1.82, 2.24) is 0 Å². The molecule has 0 spiro atoms. The molecule has 34 heavy (non-hydrogen) atoms. The Hall–Kier alpha value is 0.194. The van der Waals surface area contributed by atoms with Crippen LogP contribution in [-0.2, 0) is 26.9 Å². The highest BCUT2D eigenvalue weighted by Crippen LogP contribution is 2.52. The molecule has 0 saturated carbocycles. The fourth-order valence-electron chi connectivity index (χ4n) is 4.06. The summed E-state index contributed by atoms with van der Waals surface area (Å²) in [6.45, 7) is 20.6. The van der Waals surface area contributed by atoms with Crippen molar-refractivity contribution in [1.29, 1.82) is 0 Å². The van der Waals surface area contributed by atoms with Crippen molar-refractivity contribution >= 4 is 16.4 Å². The minimum atomic E-state index is -3.35. The Kier molecular flexibility index (Phi) is 15.3. The Morgan fingerprint density at radius 3 is 1.38 bits per heavy atom. The lowest BCUT2D eigenvalue weighted by atomic mass is 9.86. The maximum Gasteiger partial charge on any atom is 0.541 e. The minimum Gasteiger partial charge on any atom is -0.392 e. The van der Waals surface area contributed by atoms with Gasteiger partial charge in [0, 0.05) is 44.5 Å². The van der Waals surface area contributed by atoms with Gasteiger partial charge in [-0.15, -0.1) is 0 Å². The molecule has 1 saturated heterocycles. The first kappa shape index (κ1) is 32.2. The zero-order chi connectivity index (χ0) is 25.6. The fourth-order valence-corrected chi connectivity index (χ4v) is 16.5. The van der Waals surface area contributed by atoms with E-state index in [0.29, 0.717) is 33.0 Å². The van der Waals surface area contributed by atoms with Crippen LogP contribution in [0.25, 0.3) is 0 Å². The molecule has 204 valence electrons. The van der Waals surface area contributed by atoms with Gasteiger partial charge in [0.05, 0.1) is 0 Å². The molecular weight excluding hydrogens is 464 g/mol. The van der Waals surface area contributed by atoms with E-state index in [2.05, 4.69) is 55.4 Å². The standard InChI is InChI=1S/C26H56O6Si2/c1-9-14-19-27-26(8)25(6,7)24-33(28-20-15-10-2,29-21-16-11-3)34(32-26,30-22-17-12-4)31-23-18-13-5/h9-24H2,1-8H3. The predicted molar refractivity (Wildman–Crippen MR) is 144 cm³/mol. The van der Waals surface area contributed by atoms with Gasteiger partial charge in [0.25, 0.3) is 0 Å². The van der Waals surface area contributed by atoms with Crippen LogP contribution in [-0.4, -0.2) is 55.2 Å². The third-order valence-corrected chi connectivity index (χ3v) is 17.6. The summed E-state index contributed by atoms with van der Waals surface area (Å²) in [4.78, 5) is 0. The van der Waals surface area contributed by atoms with E-state index in [4.69, 9.17) is 26.9 Å². The zero-order valence-electron chi connectivity index (χ0n) is 23.8. The number of hydrogen-bond donors (Lipinski definition) is 0. The lowest BCUT2D eigenvalue weighted by molar-refractivity contribution is -0.260. The van der Waals surface area contributed by atoms with Crippen LogP contribution in [0.5, 0.6) is 0 Å². The zero-order valence-corrected chi connectivity index (χ0v) is 25.8.